The van der Waals surface area contributed by atoms with Crippen LogP contribution in [0.5, 0.6) is 0 Å². The smallest absolute Gasteiger partial charge is 0.237 e. The molecule has 0 saturated carbocycles. The molecule has 0 bridgehead atoms. The van der Waals surface area contributed by atoms with E-state index in [2.05, 4.69) is 0 Å². The van der Waals surface area contributed by atoms with Crippen molar-refractivity contribution in [2.75, 3.05) is 0 Å². The SMILES string of the molecule is CCCCC[C@H](F)C(F)(F)F. The van der Waals surface area contributed by atoms with Crippen molar-refractivity contribution in [2.45, 2.75) is 45.0 Å². The maximum Gasteiger partial charge on any atom is 0.419 e. The van der Waals surface area contributed by atoms with Crippen LogP contribution in [-0.4, -0.2) is 12.3 Å². The highest BCUT2D eigenvalue weighted by Crippen LogP contribution is 2.26. The topological polar surface area (TPSA) is 0 Å². The first kappa shape index (κ1) is 10.7. The number of hydrogen-bond acceptors (Lipinski definition) is 0. The standard InChI is InChI=1S/C7H12F4/c1-2-3-4-5-6(8)7(9,10)11/h6H,2-5H2,1H3/t6-/m0/s1. The molecule has 0 N–H and O–H groups in total. The van der Waals surface area contributed by atoms with Crippen LogP contribution in [0.1, 0.15) is 32.6 Å². The first-order chi connectivity index (χ1) is 4.98. The summed E-state index contributed by atoms with van der Waals surface area (Å²) in [6, 6.07) is 0. The third kappa shape index (κ3) is 5.04. The summed E-state index contributed by atoms with van der Waals surface area (Å²) in [4.78, 5) is 0. The molecule has 0 aromatic rings. The van der Waals surface area contributed by atoms with E-state index in [4.69, 9.17) is 0 Å². The Morgan fingerprint density at radius 1 is 1.18 bits per heavy atom. The largest absolute Gasteiger partial charge is 0.419 e. The van der Waals surface area contributed by atoms with Gasteiger partial charge in [-0.2, -0.15) is 13.2 Å². The minimum absolute atomic E-state index is 0.317. The van der Waals surface area contributed by atoms with E-state index in [1.807, 2.05) is 6.92 Å². The highest BCUT2D eigenvalue weighted by Gasteiger charge is 2.39. The Morgan fingerprint density at radius 3 is 2.09 bits per heavy atom. The van der Waals surface area contributed by atoms with Crippen molar-refractivity contribution < 1.29 is 17.6 Å². The first-order valence-electron chi connectivity index (χ1n) is 3.69. The van der Waals surface area contributed by atoms with Gasteiger partial charge in [-0.15, -0.1) is 0 Å². The Morgan fingerprint density at radius 2 is 1.73 bits per heavy atom. The summed E-state index contributed by atoms with van der Waals surface area (Å²) < 4.78 is 46.6. The zero-order chi connectivity index (χ0) is 8.91. The molecular weight excluding hydrogens is 160 g/mol. The average molecular weight is 172 g/mol. The molecule has 0 aromatic carbocycles. The van der Waals surface area contributed by atoms with Gasteiger partial charge in [-0.05, 0) is 6.42 Å². The lowest BCUT2D eigenvalue weighted by Gasteiger charge is -2.10. The Labute approximate surface area is 63.6 Å². The summed E-state index contributed by atoms with van der Waals surface area (Å²) in [7, 11) is 0. The van der Waals surface area contributed by atoms with Gasteiger partial charge < -0.3 is 0 Å². The van der Waals surface area contributed by atoms with Gasteiger partial charge in [-0.25, -0.2) is 4.39 Å². The average Bonchev–Trinajstić information content (AvgIpc) is 1.86. The van der Waals surface area contributed by atoms with E-state index in [1.54, 1.807) is 0 Å². The zero-order valence-corrected chi connectivity index (χ0v) is 6.42. The molecular formula is C7H12F4. The fourth-order valence-electron chi connectivity index (χ4n) is 0.737. The number of alkyl halides is 4. The second-order valence-corrected chi connectivity index (χ2v) is 2.50. The van der Waals surface area contributed by atoms with Gasteiger partial charge in [0.15, 0.2) is 6.17 Å². The van der Waals surface area contributed by atoms with E-state index in [9.17, 15) is 17.6 Å². The Hall–Kier alpha value is -0.280. The van der Waals surface area contributed by atoms with Gasteiger partial charge in [0.2, 0.25) is 0 Å². The number of halogens is 4. The van der Waals surface area contributed by atoms with E-state index in [1.165, 1.54) is 0 Å². The second kappa shape index (κ2) is 4.57. The minimum atomic E-state index is -4.66. The van der Waals surface area contributed by atoms with Crippen LogP contribution in [0.2, 0.25) is 0 Å². The monoisotopic (exact) mass is 172 g/mol. The summed E-state index contributed by atoms with van der Waals surface area (Å²) >= 11 is 0. The van der Waals surface area contributed by atoms with Crippen LogP contribution in [0.25, 0.3) is 0 Å². The molecule has 0 amide bonds. The molecule has 0 aliphatic carbocycles. The van der Waals surface area contributed by atoms with Crippen LogP contribution in [0, 0.1) is 0 Å². The predicted octanol–water partition coefficient (Wildman–Crippen LogP) is 3.47. The van der Waals surface area contributed by atoms with Crippen molar-refractivity contribution in [1.29, 1.82) is 0 Å². The lowest BCUT2D eigenvalue weighted by Crippen LogP contribution is -2.23. The van der Waals surface area contributed by atoms with E-state index >= 15 is 0 Å². The third-order valence-electron chi connectivity index (χ3n) is 1.42. The Kier molecular flexibility index (Phi) is 4.45. The fraction of sp³-hybridized carbons (Fsp3) is 1.00. The summed E-state index contributed by atoms with van der Waals surface area (Å²) in [6.07, 6.45) is -5.89. The predicted molar refractivity (Wildman–Crippen MR) is 35.1 cm³/mol. The van der Waals surface area contributed by atoms with Crippen LogP contribution in [0.15, 0.2) is 0 Å². The number of rotatable bonds is 4. The zero-order valence-electron chi connectivity index (χ0n) is 6.42. The minimum Gasteiger partial charge on any atom is -0.237 e. The molecule has 0 spiro atoms. The molecule has 11 heavy (non-hydrogen) atoms. The highest BCUT2D eigenvalue weighted by atomic mass is 19.4. The molecule has 0 radical (unpaired) electrons. The van der Waals surface area contributed by atoms with E-state index in [0.717, 1.165) is 6.42 Å². The molecule has 0 fully saturated rings. The molecule has 0 heterocycles. The van der Waals surface area contributed by atoms with Gasteiger partial charge >= 0.3 is 6.18 Å². The van der Waals surface area contributed by atoms with Crippen molar-refractivity contribution in [1.82, 2.24) is 0 Å². The number of unbranched alkanes of at least 4 members (excludes halogenated alkanes) is 2. The van der Waals surface area contributed by atoms with Gasteiger partial charge in [0.05, 0.1) is 0 Å². The first-order valence-corrected chi connectivity index (χ1v) is 3.69. The molecule has 0 aliphatic rings. The lowest BCUT2D eigenvalue weighted by molar-refractivity contribution is -0.182. The molecule has 0 aromatic heterocycles. The molecule has 0 rings (SSSR count). The van der Waals surface area contributed by atoms with Gasteiger partial charge in [-0.3, -0.25) is 0 Å². The molecule has 0 aliphatic heterocycles. The normalized spacial score (nSPS) is 15.0. The highest BCUT2D eigenvalue weighted by molar-refractivity contribution is 4.64. The van der Waals surface area contributed by atoms with Crippen molar-refractivity contribution in [3.63, 3.8) is 0 Å². The Balaban J connectivity index is 3.44. The molecule has 0 unspecified atom stereocenters. The van der Waals surface area contributed by atoms with Crippen LogP contribution < -0.4 is 0 Å². The molecule has 4 heteroatoms. The molecule has 0 saturated heterocycles. The lowest BCUT2D eigenvalue weighted by atomic mass is 10.1. The van der Waals surface area contributed by atoms with Crippen molar-refractivity contribution in [2.24, 2.45) is 0 Å². The van der Waals surface area contributed by atoms with Crippen molar-refractivity contribution >= 4 is 0 Å². The van der Waals surface area contributed by atoms with Gasteiger partial charge in [-0.1, -0.05) is 26.2 Å². The van der Waals surface area contributed by atoms with Crippen molar-refractivity contribution in [3.05, 3.63) is 0 Å². The fourth-order valence-corrected chi connectivity index (χ4v) is 0.737. The van der Waals surface area contributed by atoms with Gasteiger partial charge in [0.25, 0.3) is 0 Å². The van der Waals surface area contributed by atoms with E-state index < -0.39 is 18.8 Å². The second-order valence-electron chi connectivity index (χ2n) is 2.50. The summed E-state index contributed by atoms with van der Waals surface area (Å²) in [6.45, 7) is 1.86. The van der Waals surface area contributed by atoms with Gasteiger partial charge in [0.1, 0.15) is 0 Å². The summed E-state index contributed by atoms with van der Waals surface area (Å²) in [5, 5.41) is 0. The van der Waals surface area contributed by atoms with Crippen LogP contribution in [-0.2, 0) is 0 Å². The molecule has 68 valence electrons. The Bertz CT molecular complexity index is 97.1. The third-order valence-corrected chi connectivity index (χ3v) is 1.42. The van der Waals surface area contributed by atoms with E-state index in [-0.39, 0.29) is 0 Å². The maximum absolute atomic E-state index is 12.1. The van der Waals surface area contributed by atoms with Gasteiger partial charge in [0, 0.05) is 0 Å². The molecule has 1 atom stereocenters. The van der Waals surface area contributed by atoms with E-state index in [0.29, 0.717) is 12.8 Å². The summed E-state index contributed by atoms with van der Waals surface area (Å²) in [5.74, 6) is 0. The number of hydrogen-bond donors (Lipinski definition) is 0. The van der Waals surface area contributed by atoms with Crippen LogP contribution >= 0.6 is 0 Å². The maximum atomic E-state index is 12.1. The van der Waals surface area contributed by atoms with Crippen LogP contribution in [0.3, 0.4) is 0 Å². The van der Waals surface area contributed by atoms with Crippen LogP contribution in [0.4, 0.5) is 17.6 Å². The summed E-state index contributed by atoms with van der Waals surface area (Å²) in [5.41, 5.74) is 0. The molecule has 0 nitrogen and oxygen atoms in total. The quantitative estimate of drug-likeness (QED) is 0.450. The van der Waals surface area contributed by atoms with Crippen molar-refractivity contribution in [3.8, 4) is 0 Å².